The molecule has 184 valence electrons. The van der Waals surface area contributed by atoms with E-state index in [4.69, 9.17) is 5.73 Å². The van der Waals surface area contributed by atoms with E-state index in [1.165, 1.54) is 6.07 Å². The molecule has 0 saturated carbocycles. The Morgan fingerprint density at radius 2 is 1.83 bits per heavy atom. The second kappa shape index (κ2) is 10.9. The molecule has 0 aliphatic carbocycles. The number of hydrogen-bond donors (Lipinski definition) is 2. The quantitative estimate of drug-likeness (QED) is 0.320. The number of alkyl halides is 3. The minimum absolute atomic E-state index is 0.155. The maximum Gasteiger partial charge on any atom is 0.423 e. The highest BCUT2D eigenvalue weighted by atomic mass is 19.4. The molecule has 3 aromatic heterocycles. The van der Waals surface area contributed by atoms with Gasteiger partial charge in [0, 0.05) is 25.1 Å². The summed E-state index contributed by atoms with van der Waals surface area (Å²) in [5.41, 5.74) is 1.65. The van der Waals surface area contributed by atoms with Gasteiger partial charge >= 0.3 is 6.18 Å². The lowest BCUT2D eigenvalue weighted by atomic mass is 10.1. The number of H-pyrrole nitrogens is 1. The summed E-state index contributed by atoms with van der Waals surface area (Å²) in [7, 11) is 0. The van der Waals surface area contributed by atoms with Gasteiger partial charge in [0.1, 0.15) is 11.4 Å². The summed E-state index contributed by atoms with van der Waals surface area (Å²) in [6.07, 6.45) is 4.02. The van der Waals surface area contributed by atoms with Gasteiger partial charge in [0.25, 0.3) is 11.1 Å². The first-order valence-corrected chi connectivity index (χ1v) is 10.6. The molecular formula is C23H22F4N6O2. The Kier molecular flexibility index (Phi) is 7.94. The van der Waals surface area contributed by atoms with Crippen LogP contribution in [-0.4, -0.2) is 24.7 Å². The average Bonchev–Trinajstić information content (AvgIpc) is 2.81. The van der Waals surface area contributed by atoms with Gasteiger partial charge < -0.3 is 10.3 Å². The van der Waals surface area contributed by atoms with E-state index in [0.29, 0.717) is 28.7 Å². The molecular weight excluding hydrogens is 468 g/mol. The first-order valence-electron chi connectivity index (χ1n) is 10.6. The number of halogens is 4. The highest BCUT2D eigenvalue weighted by Crippen LogP contribution is 2.29. The number of unbranched alkanes of at least 4 members (excludes halogenated alkanes) is 2. The van der Waals surface area contributed by atoms with E-state index < -0.39 is 28.8 Å². The molecule has 0 saturated heterocycles. The monoisotopic (exact) mass is 490 g/mol. The second-order valence-electron chi connectivity index (χ2n) is 7.54. The lowest BCUT2D eigenvalue weighted by molar-refractivity contribution is -0.138. The van der Waals surface area contributed by atoms with E-state index in [9.17, 15) is 27.2 Å². The van der Waals surface area contributed by atoms with Crippen molar-refractivity contribution >= 4 is 16.5 Å². The normalized spacial score (nSPS) is 11.2. The van der Waals surface area contributed by atoms with Crippen molar-refractivity contribution < 1.29 is 17.6 Å². The van der Waals surface area contributed by atoms with Crippen LogP contribution in [0, 0.1) is 5.82 Å². The van der Waals surface area contributed by atoms with Crippen LogP contribution in [0.5, 0.6) is 0 Å². The van der Waals surface area contributed by atoms with E-state index >= 15 is 0 Å². The van der Waals surface area contributed by atoms with Gasteiger partial charge in [-0.3, -0.25) is 9.59 Å². The van der Waals surface area contributed by atoms with E-state index in [1.807, 2.05) is 6.07 Å². The Morgan fingerprint density at radius 3 is 2.43 bits per heavy atom. The summed E-state index contributed by atoms with van der Waals surface area (Å²) in [5, 5.41) is 5.83. The fourth-order valence-electron chi connectivity index (χ4n) is 3.33. The summed E-state index contributed by atoms with van der Waals surface area (Å²) in [5.74, 6) is -0.161. The number of pyridine rings is 1. The van der Waals surface area contributed by atoms with Crippen molar-refractivity contribution in [1.29, 1.82) is 0 Å². The molecule has 4 aromatic rings. The SMILES string of the molecule is CCCCCn1ccc2cc(-c3ncccn3)c(F)cc2c1=O.Nc1cn[nH]c(=O)c1C(F)(F)F. The van der Waals surface area contributed by atoms with Crippen molar-refractivity contribution in [2.75, 3.05) is 5.73 Å². The molecule has 0 unspecified atom stereocenters. The molecule has 0 atom stereocenters. The van der Waals surface area contributed by atoms with Gasteiger partial charge in [-0.25, -0.2) is 19.5 Å². The molecule has 4 rings (SSSR count). The highest BCUT2D eigenvalue weighted by Gasteiger charge is 2.36. The molecule has 35 heavy (non-hydrogen) atoms. The van der Waals surface area contributed by atoms with Crippen molar-refractivity contribution in [1.82, 2.24) is 24.7 Å². The van der Waals surface area contributed by atoms with E-state index in [0.717, 1.165) is 25.5 Å². The molecule has 3 N–H and O–H groups in total. The van der Waals surface area contributed by atoms with Crippen LogP contribution >= 0.6 is 0 Å². The predicted molar refractivity (Wildman–Crippen MR) is 123 cm³/mol. The summed E-state index contributed by atoms with van der Waals surface area (Å²) in [6, 6.07) is 6.45. The summed E-state index contributed by atoms with van der Waals surface area (Å²) in [6.45, 7) is 2.78. The van der Waals surface area contributed by atoms with E-state index in [1.54, 1.807) is 40.4 Å². The third-order valence-electron chi connectivity index (χ3n) is 5.04. The first-order chi connectivity index (χ1) is 16.6. The fraction of sp³-hybridized carbons (Fsp3) is 0.261. The third kappa shape index (κ3) is 6.08. The minimum Gasteiger partial charge on any atom is -0.397 e. The van der Waals surface area contributed by atoms with Crippen LogP contribution < -0.4 is 16.9 Å². The molecule has 8 nitrogen and oxygen atoms in total. The number of anilines is 1. The molecule has 1 aromatic carbocycles. The van der Waals surface area contributed by atoms with E-state index in [-0.39, 0.29) is 5.56 Å². The summed E-state index contributed by atoms with van der Waals surface area (Å²) in [4.78, 5) is 31.2. The molecule has 0 amide bonds. The topological polar surface area (TPSA) is 120 Å². The van der Waals surface area contributed by atoms with E-state index in [2.05, 4.69) is 22.0 Å². The van der Waals surface area contributed by atoms with Crippen LogP contribution in [0.15, 0.2) is 58.6 Å². The summed E-state index contributed by atoms with van der Waals surface area (Å²) < 4.78 is 52.0. The summed E-state index contributed by atoms with van der Waals surface area (Å²) >= 11 is 0. The zero-order valence-corrected chi connectivity index (χ0v) is 18.6. The number of hydrogen-bond acceptors (Lipinski definition) is 6. The van der Waals surface area contributed by atoms with Crippen molar-refractivity contribution in [3.8, 4) is 11.4 Å². The lowest BCUT2D eigenvalue weighted by Crippen LogP contribution is -2.24. The van der Waals surface area contributed by atoms with Gasteiger partial charge in [-0.1, -0.05) is 19.8 Å². The number of nitrogen functional groups attached to an aromatic ring is 1. The minimum atomic E-state index is -4.74. The lowest BCUT2D eigenvalue weighted by Gasteiger charge is -2.08. The molecule has 0 aliphatic heterocycles. The standard InChI is InChI=1S/C18H18FN3O.C5H4F3N3O/c1-2-3-4-9-22-10-6-13-11-15(17-20-7-5-8-21-17)16(19)12-14(13)18(22)23;6-5(7,8)3-2(9)1-10-11-4(3)12/h5-8,10-12H,2-4,9H2,1H3;1H,(H3,9,11,12). The molecule has 0 aliphatic rings. The van der Waals surface area contributed by atoms with Crippen LogP contribution in [0.3, 0.4) is 0 Å². The van der Waals surface area contributed by atoms with Crippen molar-refractivity contribution in [2.24, 2.45) is 0 Å². The smallest absolute Gasteiger partial charge is 0.397 e. The van der Waals surface area contributed by atoms with Gasteiger partial charge in [0.15, 0.2) is 5.82 Å². The highest BCUT2D eigenvalue weighted by molar-refractivity contribution is 5.85. The third-order valence-corrected chi connectivity index (χ3v) is 5.04. The Hall–Kier alpha value is -4.09. The van der Waals surface area contributed by atoms with Crippen LogP contribution in [-0.2, 0) is 12.7 Å². The number of aromatic amines is 1. The van der Waals surface area contributed by atoms with Gasteiger partial charge in [0.05, 0.1) is 22.8 Å². The van der Waals surface area contributed by atoms with Crippen molar-refractivity contribution in [3.05, 3.63) is 81.1 Å². The van der Waals surface area contributed by atoms with Crippen LogP contribution in [0.25, 0.3) is 22.2 Å². The number of nitrogens with zero attached hydrogens (tertiary/aromatic N) is 4. The fourth-order valence-corrected chi connectivity index (χ4v) is 3.33. The maximum atomic E-state index is 14.4. The molecule has 0 bridgehead atoms. The second-order valence-corrected chi connectivity index (χ2v) is 7.54. The number of benzene rings is 1. The van der Waals surface area contributed by atoms with Crippen LogP contribution in [0.4, 0.5) is 23.2 Å². The first kappa shape index (κ1) is 25.5. The average molecular weight is 490 g/mol. The molecule has 3 heterocycles. The number of aryl methyl sites for hydroxylation is 1. The zero-order chi connectivity index (χ0) is 25.6. The number of nitrogens with one attached hydrogen (secondary N) is 1. The Balaban J connectivity index is 0.000000241. The predicted octanol–water partition coefficient (Wildman–Crippen LogP) is 4.16. The van der Waals surface area contributed by atoms with Gasteiger partial charge in [0.2, 0.25) is 0 Å². The van der Waals surface area contributed by atoms with Crippen molar-refractivity contribution in [3.63, 3.8) is 0 Å². The Labute approximate surface area is 196 Å². The maximum absolute atomic E-state index is 14.4. The van der Waals surface area contributed by atoms with Crippen LogP contribution in [0.1, 0.15) is 31.7 Å². The molecule has 0 radical (unpaired) electrons. The number of nitrogens with two attached hydrogens (primary N) is 1. The molecule has 0 fully saturated rings. The molecule has 0 spiro atoms. The Morgan fingerprint density at radius 1 is 1.11 bits per heavy atom. The number of fused-ring (bicyclic) bond motifs is 1. The zero-order valence-electron chi connectivity index (χ0n) is 18.6. The van der Waals surface area contributed by atoms with Gasteiger partial charge in [-0.2, -0.15) is 18.3 Å². The van der Waals surface area contributed by atoms with Crippen LogP contribution in [0.2, 0.25) is 0 Å². The van der Waals surface area contributed by atoms with Crippen molar-refractivity contribution in [2.45, 2.75) is 38.9 Å². The number of aromatic nitrogens is 5. The number of rotatable bonds is 5. The van der Waals surface area contributed by atoms with Gasteiger partial charge in [-0.15, -0.1) is 0 Å². The van der Waals surface area contributed by atoms with Gasteiger partial charge in [-0.05, 0) is 36.1 Å². The Bertz CT molecular complexity index is 1420. The molecule has 12 heteroatoms. The largest absolute Gasteiger partial charge is 0.423 e.